The molecule has 0 spiro atoms. The van der Waals surface area contributed by atoms with Gasteiger partial charge in [-0.25, -0.2) is 0 Å². The molecule has 0 saturated carbocycles. The van der Waals surface area contributed by atoms with Crippen molar-refractivity contribution in [1.29, 1.82) is 0 Å². The molecule has 0 amide bonds. The highest BCUT2D eigenvalue weighted by molar-refractivity contribution is 5.12. The van der Waals surface area contributed by atoms with Crippen LogP contribution in [0.15, 0.2) is 24.4 Å². The van der Waals surface area contributed by atoms with E-state index in [1.165, 1.54) is 0 Å². The second-order valence-electron chi connectivity index (χ2n) is 4.91. The normalized spacial score (nSPS) is 24.1. The average molecular weight is 249 g/mol. The number of nitrogens with two attached hydrogens (primary N) is 1. The molecule has 0 radical (unpaired) electrons. The molecular weight excluding hydrogens is 226 g/mol. The molecule has 1 fully saturated rings. The minimum atomic E-state index is 0.121. The van der Waals surface area contributed by atoms with Crippen molar-refractivity contribution >= 4 is 0 Å². The van der Waals surface area contributed by atoms with Crippen molar-refractivity contribution < 1.29 is 4.74 Å². The van der Waals surface area contributed by atoms with Gasteiger partial charge in [-0.15, -0.1) is 0 Å². The monoisotopic (exact) mass is 249 g/mol. The minimum absolute atomic E-state index is 0.121. The van der Waals surface area contributed by atoms with Gasteiger partial charge in [-0.05, 0) is 25.0 Å². The van der Waals surface area contributed by atoms with Crippen molar-refractivity contribution in [2.75, 3.05) is 20.2 Å². The standard InChI is InChI=1S/C14H23N3O/c1-3-12(15)14(13-6-4-5-8-16-13)17-9-7-11(10-17)18-2/h4-6,8,11-12,14H,3,7,9-10,15H2,1-2H3. The molecule has 4 nitrogen and oxygen atoms in total. The van der Waals surface area contributed by atoms with Gasteiger partial charge in [0.1, 0.15) is 0 Å². The predicted octanol–water partition coefficient (Wildman–Crippen LogP) is 1.58. The number of hydrogen-bond acceptors (Lipinski definition) is 4. The fraction of sp³-hybridized carbons (Fsp3) is 0.643. The fourth-order valence-electron chi connectivity index (χ4n) is 2.65. The van der Waals surface area contributed by atoms with Gasteiger partial charge >= 0.3 is 0 Å². The summed E-state index contributed by atoms with van der Waals surface area (Å²) in [7, 11) is 1.78. The Morgan fingerprint density at radius 1 is 1.56 bits per heavy atom. The van der Waals surface area contributed by atoms with E-state index < -0.39 is 0 Å². The van der Waals surface area contributed by atoms with Crippen LogP contribution < -0.4 is 5.73 Å². The van der Waals surface area contributed by atoms with Crippen molar-refractivity contribution in [3.05, 3.63) is 30.1 Å². The summed E-state index contributed by atoms with van der Waals surface area (Å²) in [6.07, 6.45) is 4.21. The van der Waals surface area contributed by atoms with Crippen LogP contribution in [0.1, 0.15) is 31.5 Å². The maximum Gasteiger partial charge on any atom is 0.0710 e. The number of methoxy groups -OCH3 is 1. The molecule has 1 aliphatic rings. The molecular formula is C14H23N3O. The topological polar surface area (TPSA) is 51.4 Å². The summed E-state index contributed by atoms with van der Waals surface area (Å²) in [6, 6.07) is 6.37. The van der Waals surface area contributed by atoms with Crippen molar-refractivity contribution in [3.63, 3.8) is 0 Å². The summed E-state index contributed by atoms with van der Waals surface area (Å²) in [5.41, 5.74) is 7.37. The third kappa shape index (κ3) is 2.88. The van der Waals surface area contributed by atoms with E-state index in [0.717, 1.165) is 31.6 Å². The second kappa shape index (κ2) is 6.27. The lowest BCUT2D eigenvalue weighted by Crippen LogP contribution is -2.40. The maximum absolute atomic E-state index is 6.29. The van der Waals surface area contributed by atoms with Gasteiger partial charge in [-0.3, -0.25) is 9.88 Å². The summed E-state index contributed by atoms with van der Waals surface area (Å²) in [5.74, 6) is 0. The SMILES string of the molecule is CCC(N)C(c1ccccn1)N1CCC(OC)C1. The Morgan fingerprint density at radius 3 is 2.94 bits per heavy atom. The summed E-state index contributed by atoms with van der Waals surface area (Å²) >= 11 is 0. The molecule has 0 bridgehead atoms. The second-order valence-corrected chi connectivity index (χ2v) is 4.91. The first kappa shape index (κ1) is 13.5. The quantitative estimate of drug-likeness (QED) is 0.861. The van der Waals surface area contributed by atoms with Gasteiger partial charge in [-0.2, -0.15) is 0 Å². The van der Waals surface area contributed by atoms with Crippen molar-refractivity contribution in [2.45, 2.75) is 38.0 Å². The number of hydrogen-bond donors (Lipinski definition) is 1. The van der Waals surface area contributed by atoms with Crippen LogP contribution in [0.4, 0.5) is 0 Å². The largest absolute Gasteiger partial charge is 0.380 e. The molecule has 1 aromatic rings. The number of nitrogens with zero attached hydrogens (tertiary/aromatic N) is 2. The number of pyridine rings is 1. The molecule has 18 heavy (non-hydrogen) atoms. The Morgan fingerprint density at radius 2 is 2.39 bits per heavy atom. The number of likely N-dealkylation sites (tertiary alicyclic amines) is 1. The Bertz CT molecular complexity index is 357. The van der Waals surface area contributed by atoms with Gasteiger partial charge in [0.25, 0.3) is 0 Å². The van der Waals surface area contributed by atoms with E-state index in [-0.39, 0.29) is 12.1 Å². The van der Waals surface area contributed by atoms with Crippen LogP contribution in [-0.2, 0) is 4.74 Å². The highest BCUT2D eigenvalue weighted by Crippen LogP contribution is 2.28. The predicted molar refractivity (Wildman–Crippen MR) is 72.2 cm³/mol. The zero-order valence-electron chi connectivity index (χ0n) is 11.2. The van der Waals surface area contributed by atoms with Gasteiger partial charge in [-0.1, -0.05) is 13.0 Å². The number of aromatic nitrogens is 1. The van der Waals surface area contributed by atoms with Gasteiger partial charge in [0, 0.05) is 32.4 Å². The molecule has 2 heterocycles. The lowest BCUT2D eigenvalue weighted by atomic mass is 10.0. The van der Waals surface area contributed by atoms with E-state index in [1.807, 2.05) is 18.3 Å². The summed E-state index contributed by atoms with van der Waals surface area (Å²) in [4.78, 5) is 6.89. The number of ether oxygens (including phenoxy) is 1. The number of rotatable bonds is 5. The Balaban J connectivity index is 2.16. The average Bonchev–Trinajstić information content (AvgIpc) is 2.88. The Labute approximate surface area is 109 Å². The van der Waals surface area contributed by atoms with Crippen LogP contribution in [0.25, 0.3) is 0 Å². The molecule has 1 aliphatic heterocycles. The van der Waals surface area contributed by atoms with Crippen LogP contribution in [0.2, 0.25) is 0 Å². The van der Waals surface area contributed by atoms with Gasteiger partial charge in [0.2, 0.25) is 0 Å². The fourth-order valence-corrected chi connectivity index (χ4v) is 2.65. The van der Waals surface area contributed by atoms with E-state index in [2.05, 4.69) is 22.9 Å². The Hall–Kier alpha value is -0.970. The lowest BCUT2D eigenvalue weighted by molar-refractivity contribution is 0.0965. The van der Waals surface area contributed by atoms with Gasteiger partial charge in [0.15, 0.2) is 0 Å². The smallest absolute Gasteiger partial charge is 0.0710 e. The molecule has 3 unspecified atom stereocenters. The summed E-state index contributed by atoms with van der Waals surface area (Å²) < 4.78 is 5.44. The molecule has 1 saturated heterocycles. The van der Waals surface area contributed by atoms with Crippen LogP contribution in [0.3, 0.4) is 0 Å². The first-order valence-electron chi connectivity index (χ1n) is 6.69. The van der Waals surface area contributed by atoms with Crippen molar-refractivity contribution in [2.24, 2.45) is 5.73 Å². The summed E-state index contributed by atoms with van der Waals surface area (Å²) in [5, 5.41) is 0. The van der Waals surface area contributed by atoms with Crippen LogP contribution >= 0.6 is 0 Å². The molecule has 2 N–H and O–H groups in total. The highest BCUT2D eigenvalue weighted by atomic mass is 16.5. The molecule has 3 atom stereocenters. The first-order valence-corrected chi connectivity index (χ1v) is 6.69. The summed E-state index contributed by atoms with van der Waals surface area (Å²) in [6.45, 7) is 4.11. The third-order valence-electron chi connectivity index (χ3n) is 3.77. The molecule has 2 rings (SSSR count). The lowest BCUT2D eigenvalue weighted by Gasteiger charge is -2.31. The van der Waals surface area contributed by atoms with Crippen molar-refractivity contribution in [1.82, 2.24) is 9.88 Å². The molecule has 0 aliphatic carbocycles. The third-order valence-corrected chi connectivity index (χ3v) is 3.77. The first-order chi connectivity index (χ1) is 8.76. The van der Waals surface area contributed by atoms with Crippen molar-refractivity contribution in [3.8, 4) is 0 Å². The maximum atomic E-state index is 6.29. The highest BCUT2D eigenvalue weighted by Gasteiger charge is 2.32. The van der Waals surface area contributed by atoms with E-state index >= 15 is 0 Å². The van der Waals surface area contributed by atoms with E-state index in [0.29, 0.717) is 6.10 Å². The van der Waals surface area contributed by atoms with Crippen LogP contribution in [0, 0.1) is 0 Å². The van der Waals surface area contributed by atoms with Crippen LogP contribution in [-0.4, -0.2) is 42.2 Å². The van der Waals surface area contributed by atoms with E-state index in [1.54, 1.807) is 7.11 Å². The Kier molecular flexibility index (Phi) is 4.69. The molecule has 0 aromatic carbocycles. The minimum Gasteiger partial charge on any atom is -0.380 e. The zero-order chi connectivity index (χ0) is 13.0. The van der Waals surface area contributed by atoms with Crippen LogP contribution in [0.5, 0.6) is 0 Å². The molecule has 100 valence electrons. The van der Waals surface area contributed by atoms with Gasteiger partial charge < -0.3 is 10.5 Å². The molecule has 4 heteroatoms. The van der Waals surface area contributed by atoms with E-state index in [4.69, 9.17) is 10.5 Å². The molecule has 1 aromatic heterocycles. The zero-order valence-corrected chi connectivity index (χ0v) is 11.2. The van der Waals surface area contributed by atoms with Gasteiger partial charge in [0.05, 0.1) is 17.8 Å². The van der Waals surface area contributed by atoms with E-state index in [9.17, 15) is 0 Å².